The molecular formula is C29H30FN5O4. The first-order valence-corrected chi connectivity index (χ1v) is 12.5. The van der Waals surface area contributed by atoms with Crippen molar-refractivity contribution < 1.29 is 23.8 Å². The number of anilines is 1. The SMILES string of the molecule is CCc1cc(F)cc(C)c1C(=O)NC(Cc1ccc(-c2cnc(CNc3cc(OC)ccn3)[nH]2)cc1)C(=O)O. The van der Waals surface area contributed by atoms with Crippen molar-refractivity contribution in [2.75, 3.05) is 12.4 Å². The molecule has 1 amide bonds. The average Bonchev–Trinajstić information content (AvgIpc) is 3.40. The molecule has 0 fully saturated rings. The van der Waals surface area contributed by atoms with Gasteiger partial charge in [0.25, 0.3) is 5.91 Å². The van der Waals surface area contributed by atoms with Crippen molar-refractivity contribution >= 4 is 17.7 Å². The second kappa shape index (κ2) is 12.2. The normalized spacial score (nSPS) is 11.6. The van der Waals surface area contributed by atoms with Gasteiger partial charge in [0.2, 0.25) is 0 Å². The van der Waals surface area contributed by atoms with Gasteiger partial charge in [-0.1, -0.05) is 31.2 Å². The van der Waals surface area contributed by atoms with Gasteiger partial charge in [-0.3, -0.25) is 4.79 Å². The van der Waals surface area contributed by atoms with Crippen molar-refractivity contribution in [3.8, 4) is 17.0 Å². The Kier molecular flexibility index (Phi) is 8.55. The molecule has 0 bridgehead atoms. The van der Waals surface area contributed by atoms with Crippen molar-refractivity contribution in [1.29, 1.82) is 0 Å². The number of halogens is 1. The fraction of sp³-hybridized carbons (Fsp3) is 0.241. The van der Waals surface area contributed by atoms with Crippen LogP contribution in [-0.4, -0.2) is 45.1 Å². The molecule has 2 aromatic carbocycles. The Labute approximate surface area is 225 Å². The van der Waals surface area contributed by atoms with Crippen LogP contribution in [0.3, 0.4) is 0 Å². The van der Waals surface area contributed by atoms with Crippen molar-refractivity contribution in [3.05, 3.63) is 94.8 Å². The number of aryl methyl sites for hydroxylation is 2. The number of hydrogen-bond acceptors (Lipinski definition) is 6. The number of aliphatic carboxylic acids is 1. The zero-order valence-corrected chi connectivity index (χ0v) is 21.9. The number of hydrogen-bond donors (Lipinski definition) is 4. The van der Waals surface area contributed by atoms with Crippen LogP contribution in [0.25, 0.3) is 11.3 Å². The number of rotatable bonds is 11. The first kappa shape index (κ1) is 27.3. The Morgan fingerprint density at radius 3 is 2.59 bits per heavy atom. The van der Waals surface area contributed by atoms with Crippen molar-refractivity contribution in [2.24, 2.45) is 0 Å². The van der Waals surface area contributed by atoms with Crippen LogP contribution in [0.5, 0.6) is 5.75 Å². The van der Waals surface area contributed by atoms with Gasteiger partial charge >= 0.3 is 5.97 Å². The molecule has 0 spiro atoms. The zero-order valence-electron chi connectivity index (χ0n) is 21.9. The van der Waals surface area contributed by atoms with E-state index in [1.165, 1.54) is 12.1 Å². The van der Waals surface area contributed by atoms with Crippen LogP contribution in [0.4, 0.5) is 10.2 Å². The van der Waals surface area contributed by atoms with Gasteiger partial charge in [0.1, 0.15) is 29.3 Å². The van der Waals surface area contributed by atoms with Crippen LogP contribution in [0.15, 0.2) is 60.9 Å². The highest BCUT2D eigenvalue weighted by Crippen LogP contribution is 2.21. The zero-order chi connectivity index (χ0) is 27.9. The molecule has 9 nitrogen and oxygen atoms in total. The molecule has 1 unspecified atom stereocenters. The van der Waals surface area contributed by atoms with Gasteiger partial charge in [0.05, 0.1) is 25.5 Å². The summed E-state index contributed by atoms with van der Waals surface area (Å²) in [6.07, 6.45) is 3.92. The first-order valence-electron chi connectivity index (χ1n) is 12.5. The first-order chi connectivity index (χ1) is 18.8. The monoisotopic (exact) mass is 531 g/mol. The largest absolute Gasteiger partial charge is 0.497 e. The highest BCUT2D eigenvalue weighted by atomic mass is 19.1. The molecule has 4 N–H and O–H groups in total. The number of nitrogens with one attached hydrogen (secondary N) is 3. The van der Waals surface area contributed by atoms with E-state index in [-0.39, 0.29) is 6.42 Å². The highest BCUT2D eigenvalue weighted by Gasteiger charge is 2.24. The molecule has 0 aliphatic heterocycles. The molecule has 202 valence electrons. The topological polar surface area (TPSA) is 129 Å². The van der Waals surface area contributed by atoms with E-state index in [9.17, 15) is 19.1 Å². The van der Waals surface area contributed by atoms with Gasteiger partial charge in [0.15, 0.2) is 0 Å². The molecule has 39 heavy (non-hydrogen) atoms. The molecule has 2 heterocycles. The molecule has 0 radical (unpaired) electrons. The van der Waals surface area contributed by atoms with Crippen LogP contribution < -0.4 is 15.4 Å². The van der Waals surface area contributed by atoms with Gasteiger partial charge in [-0.05, 0) is 53.8 Å². The number of ether oxygens (including phenoxy) is 1. The van der Waals surface area contributed by atoms with E-state index in [1.807, 2.05) is 31.2 Å². The predicted octanol–water partition coefficient (Wildman–Crippen LogP) is 4.53. The number of carbonyl (C=O) groups is 2. The number of benzene rings is 2. The Bertz CT molecular complexity index is 1470. The van der Waals surface area contributed by atoms with E-state index in [1.54, 1.807) is 38.6 Å². The fourth-order valence-electron chi connectivity index (χ4n) is 4.31. The third-order valence-corrected chi connectivity index (χ3v) is 6.33. The average molecular weight is 532 g/mol. The Hall–Kier alpha value is -4.73. The number of imidazole rings is 1. The number of methoxy groups -OCH3 is 1. The summed E-state index contributed by atoms with van der Waals surface area (Å²) in [6.45, 7) is 3.89. The number of H-pyrrole nitrogens is 1. The van der Waals surface area contributed by atoms with Crippen molar-refractivity contribution in [2.45, 2.75) is 39.3 Å². The van der Waals surface area contributed by atoms with E-state index in [0.29, 0.717) is 41.2 Å². The van der Waals surface area contributed by atoms with Crippen LogP contribution in [0, 0.1) is 12.7 Å². The lowest BCUT2D eigenvalue weighted by molar-refractivity contribution is -0.139. The molecule has 0 saturated carbocycles. The molecule has 0 aliphatic carbocycles. The van der Waals surface area contributed by atoms with Gasteiger partial charge in [-0.2, -0.15) is 0 Å². The number of pyridine rings is 1. The second-order valence-electron chi connectivity index (χ2n) is 9.05. The summed E-state index contributed by atoms with van der Waals surface area (Å²) in [5.74, 6) is -0.0243. The van der Waals surface area contributed by atoms with Gasteiger partial charge in [-0.25, -0.2) is 19.2 Å². The maximum absolute atomic E-state index is 13.8. The lowest BCUT2D eigenvalue weighted by atomic mass is 9.98. The van der Waals surface area contributed by atoms with Gasteiger partial charge in [0, 0.05) is 24.2 Å². The number of carbonyl (C=O) groups excluding carboxylic acids is 1. The van der Waals surface area contributed by atoms with Crippen LogP contribution in [0.2, 0.25) is 0 Å². The number of aromatic nitrogens is 3. The maximum Gasteiger partial charge on any atom is 0.326 e. The Balaban J connectivity index is 1.40. The molecule has 1 atom stereocenters. The summed E-state index contributed by atoms with van der Waals surface area (Å²) in [7, 11) is 1.60. The smallest absolute Gasteiger partial charge is 0.326 e. The second-order valence-corrected chi connectivity index (χ2v) is 9.05. The third kappa shape index (κ3) is 6.78. The Morgan fingerprint density at radius 1 is 1.13 bits per heavy atom. The summed E-state index contributed by atoms with van der Waals surface area (Å²) in [6, 6.07) is 12.4. The van der Waals surface area contributed by atoms with Crippen LogP contribution in [-0.2, 0) is 24.2 Å². The third-order valence-electron chi connectivity index (χ3n) is 6.33. The molecule has 10 heteroatoms. The van der Waals surface area contributed by atoms with E-state index >= 15 is 0 Å². The minimum absolute atomic E-state index is 0.0920. The standard InChI is InChI=1S/C29H30FN5O4/c1-4-19-13-21(30)11-17(2)27(19)28(36)35-23(29(37)38)12-18-5-7-20(8-6-18)24-15-32-26(34-24)16-33-25-14-22(39-3)9-10-31-25/h5-11,13-15,23H,4,12,16H2,1-3H3,(H,31,33)(H,32,34)(H,35,36)(H,37,38). The molecule has 2 aromatic heterocycles. The Morgan fingerprint density at radius 2 is 1.90 bits per heavy atom. The summed E-state index contributed by atoms with van der Waals surface area (Å²) >= 11 is 0. The van der Waals surface area contributed by atoms with Crippen molar-refractivity contribution in [1.82, 2.24) is 20.3 Å². The quantitative estimate of drug-likeness (QED) is 0.224. The predicted molar refractivity (Wildman–Crippen MR) is 145 cm³/mol. The van der Waals surface area contributed by atoms with Crippen LogP contribution >= 0.6 is 0 Å². The molecule has 4 rings (SSSR count). The lowest BCUT2D eigenvalue weighted by Gasteiger charge is -2.17. The van der Waals surface area contributed by atoms with E-state index in [4.69, 9.17) is 4.74 Å². The maximum atomic E-state index is 13.8. The number of amides is 1. The van der Waals surface area contributed by atoms with Gasteiger partial charge < -0.3 is 25.5 Å². The highest BCUT2D eigenvalue weighted by molar-refractivity contribution is 5.99. The van der Waals surface area contributed by atoms with Gasteiger partial charge in [-0.15, -0.1) is 0 Å². The fourth-order valence-corrected chi connectivity index (χ4v) is 4.31. The number of carboxylic acid groups (broad SMARTS) is 1. The minimum atomic E-state index is -1.15. The molecular weight excluding hydrogens is 501 g/mol. The van der Waals surface area contributed by atoms with E-state index < -0.39 is 23.7 Å². The van der Waals surface area contributed by atoms with E-state index in [0.717, 1.165) is 22.6 Å². The van der Waals surface area contributed by atoms with E-state index in [2.05, 4.69) is 25.6 Å². The number of nitrogens with zero attached hydrogens (tertiary/aromatic N) is 2. The van der Waals surface area contributed by atoms with Crippen molar-refractivity contribution in [3.63, 3.8) is 0 Å². The summed E-state index contributed by atoms with van der Waals surface area (Å²) < 4.78 is 19.0. The minimum Gasteiger partial charge on any atom is -0.497 e. The number of carboxylic acids is 1. The molecule has 4 aromatic rings. The lowest BCUT2D eigenvalue weighted by Crippen LogP contribution is -2.42. The summed E-state index contributed by atoms with van der Waals surface area (Å²) in [5, 5.41) is 15.6. The summed E-state index contributed by atoms with van der Waals surface area (Å²) in [5.41, 5.74) is 3.73. The summed E-state index contributed by atoms with van der Waals surface area (Å²) in [4.78, 5) is 36.8. The van der Waals surface area contributed by atoms with Crippen LogP contribution in [0.1, 0.15) is 39.8 Å². The molecule has 0 aliphatic rings. The molecule has 0 saturated heterocycles. The number of aromatic amines is 1.